The van der Waals surface area contributed by atoms with Crippen molar-refractivity contribution in [3.05, 3.63) is 0 Å². The predicted molar refractivity (Wildman–Crippen MR) is 62.5 cm³/mol. The SMILES string of the molecule is C[C@H](CO)NC(=O)CC1(CC(=O)O)CCCC1. The lowest BCUT2D eigenvalue weighted by Gasteiger charge is -2.27. The van der Waals surface area contributed by atoms with Gasteiger partial charge in [-0.05, 0) is 25.2 Å². The summed E-state index contributed by atoms with van der Waals surface area (Å²) in [5.74, 6) is -0.996. The Kier molecular flexibility index (Phi) is 4.93. The quantitative estimate of drug-likeness (QED) is 0.647. The van der Waals surface area contributed by atoms with E-state index in [-0.39, 0.29) is 36.8 Å². The number of hydrogen-bond donors (Lipinski definition) is 3. The summed E-state index contributed by atoms with van der Waals surface area (Å²) in [7, 11) is 0. The van der Waals surface area contributed by atoms with Gasteiger partial charge in [0.05, 0.1) is 13.0 Å². The molecule has 0 unspecified atom stereocenters. The maximum absolute atomic E-state index is 11.7. The maximum atomic E-state index is 11.7. The molecule has 98 valence electrons. The molecule has 1 aliphatic carbocycles. The number of carbonyl (C=O) groups excluding carboxylic acids is 1. The summed E-state index contributed by atoms with van der Waals surface area (Å²) in [5, 5.41) is 20.4. The molecule has 0 bridgehead atoms. The van der Waals surface area contributed by atoms with Crippen molar-refractivity contribution in [2.24, 2.45) is 5.41 Å². The maximum Gasteiger partial charge on any atom is 0.303 e. The molecule has 0 radical (unpaired) electrons. The van der Waals surface area contributed by atoms with Crippen molar-refractivity contribution in [2.75, 3.05) is 6.61 Å². The van der Waals surface area contributed by atoms with Crippen molar-refractivity contribution in [2.45, 2.75) is 51.5 Å². The average molecular weight is 243 g/mol. The summed E-state index contributed by atoms with van der Waals surface area (Å²) < 4.78 is 0. The zero-order valence-corrected chi connectivity index (χ0v) is 10.2. The monoisotopic (exact) mass is 243 g/mol. The molecule has 1 saturated carbocycles. The summed E-state index contributed by atoms with van der Waals surface area (Å²) >= 11 is 0. The molecule has 1 amide bonds. The van der Waals surface area contributed by atoms with Crippen molar-refractivity contribution in [1.82, 2.24) is 5.32 Å². The van der Waals surface area contributed by atoms with Crippen LogP contribution in [0.4, 0.5) is 0 Å². The molecular formula is C12H21NO4. The minimum atomic E-state index is -0.838. The van der Waals surface area contributed by atoms with Gasteiger partial charge in [0.2, 0.25) is 5.91 Å². The van der Waals surface area contributed by atoms with Crippen LogP contribution in [0.15, 0.2) is 0 Å². The third-order valence-electron chi connectivity index (χ3n) is 3.41. The Morgan fingerprint density at radius 3 is 2.35 bits per heavy atom. The molecule has 1 atom stereocenters. The molecule has 0 aromatic carbocycles. The second-order valence-corrected chi connectivity index (χ2v) is 5.11. The first-order valence-corrected chi connectivity index (χ1v) is 6.09. The molecule has 1 aliphatic rings. The molecule has 1 fully saturated rings. The molecule has 5 heteroatoms. The number of rotatable bonds is 6. The van der Waals surface area contributed by atoms with Crippen LogP contribution in [-0.4, -0.2) is 34.7 Å². The van der Waals surface area contributed by atoms with Crippen LogP contribution in [0.25, 0.3) is 0 Å². The third kappa shape index (κ3) is 4.34. The van der Waals surface area contributed by atoms with Gasteiger partial charge >= 0.3 is 5.97 Å². The zero-order chi connectivity index (χ0) is 12.9. The van der Waals surface area contributed by atoms with E-state index in [1.54, 1.807) is 6.92 Å². The number of carboxylic acids is 1. The molecule has 0 heterocycles. The van der Waals surface area contributed by atoms with Gasteiger partial charge in [-0.1, -0.05) is 12.8 Å². The number of aliphatic carboxylic acids is 1. The van der Waals surface area contributed by atoms with Crippen LogP contribution in [0.3, 0.4) is 0 Å². The van der Waals surface area contributed by atoms with Gasteiger partial charge in [0, 0.05) is 12.5 Å². The smallest absolute Gasteiger partial charge is 0.303 e. The van der Waals surface area contributed by atoms with Gasteiger partial charge in [0.15, 0.2) is 0 Å². The predicted octanol–water partition coefficient (Wildman–Crippen LogP) is 0.909. The van der Waals surface area contributed by atoms with E-state index < -0.39 is 5.97 Å². The fourth-order valence-electron chi connectivity index (χ4n) is 2.57. The van der Waals surface area contributed by atoms with E-state index in [2.05, 4.69) is 5.32 Å². The highest BCUT2D eigenvalue weighted by molar-refractivity contribution is 5.78. The van der Waals surface area contributed by atoms with Gasteiger partial charge in [-0.25, -0.2) is 0 Å². The lowest BCUT2D eigenvalue weighted by atomic mass is 9.79. The first-order valence-electron chi connectivity index (χ1n) is 6.09. The fraction of sp³-hybridized carbons (Fsp3) is 0.833. The van der Waals surface area contributed by atoms with E-state index in [0.717, 1.165) is 25.7 Å². The summed E-state index contributed by atoms with van der Waals surface area (Å²) in [6.07, 6.45) is 3.92. The van der Waals surface area contributed by atoms with Gasteiger partial charge in [0.25, 0.3) is 0 Å². The van der Waals surface area contributed by atoms with E-state index in [0.29, 0.717) is 0 Å². The first-order chi connectivity index (χ1) is 7.97. The molecular weight excluding hydrogens is 222 g/mol. The van der Waals surface area contributed by atoms with Crippen LogP contribution in [0.1, 0.15) is 45.4 Å². The largest absolute Gasteiger partial charge is 0.481 e. The summed E-state index contributed by atoms with van der Waals surface area (Å²) in [5.41, 5.74) is -0.370. The van der Waals surface area contributed by atoms with Gasteiger partial charge in [-0.2, -0.15) is 0 Å². The Hall–Kier alpha value is -1.10. The molecule has 0 aliphatic heterocycles. The summed E-state index contributed by atoms with van der Waals surface area (Å²) in [4.78, 5) is 22.6. The average Bonchev–Trinajstić information content (AvgIpc) is 2.64. The summed E-state index contributed by atoms with van der Waals surface area (Å²) in [6, 6.07) is -0.272. The van der Waals surface area contributed by atoms with Crippen LogP contribution in [-0.2, 0) is 9.59 Å². The molecule has 5 nitrogen and oxygen atoms in total. The molecule has 3 N–H and O–H groups in total. The Morgan fingerprint density at radius 2 is 1.88 bits per heavy atom. The van der Waals surface area contributed by atoms with Gasteiger partial charge in [-0.15, -0.1) is 0 Å². The molecule has 1 rings (SSSR count). The Morgan fingerprint density at radius 1 is 1.29 bits per heavy atom. The first kappa shape index (κ1) is 14.0. The Labute approximate surface area is 101 Å². The van der Waals surface area contributed by atoms with Crippen molar-refractivity contribution in [1.29, 1.82) is 0 Å². The topological polar surface area (TPSA) is 86.6 Å². The van der Waals surface area contributed by atoms with Crippen LogP contribution >= 0.6 is 0 Å². The van der Waals surface area contributed by atoms with E-state index in [4.69, 9.17) is 10.2 Å². The second kappa shape index (κ2) is 6.00. The van der Waals surface area contributed by atoms with Crippen LogP contribution < -0.4 is 5.32 Å². The number of carbonyl (C=O) groups is 2. The van der Waals surface area contributed by atoms with E-state index in [1.807, 2.05) is 0 Å². The van der Waals surface area contributed by atoms with Crippen molar-refractivity contribution >= 4 is 11.9 Å². The number of carboxylic acid groups (broad SMARTS) is 1. The Bertz CT molecular complexity index is 284. The van der Waals surface area contributed by atoms with Crippen LogP contribution in [0.2, 0.25) is 0 Å². The lowest BCUT2D eigenvalue weighted by molar-refractivity contribution is -0.140. The van der Waals surface area contributed by atoms with Crippen LogP contribution in [0, 0.1) is 5.41 Å². The van der Waals surface area contributed by atoms with Crippen molar-refractivity contribution < 1.29 is 19.8 Å². The highest BCUT2D eigenvalue weighted by atomic mass is 16.4. The summed E-state index contributed by atoms with van der Waals surface area (Å²) in [6.45, 7) is 1.62. The molecule has 0 aromatic rings. The van der Waals surface area contributed by atoms with E-state index in [1.165, 1.54) is 0 Å². The van der Waals surface area contributed by atoms with E-state index in [9.17, 15) is 9.59 Å². The molecule has 0 saturated heterocycles. The molecule has 17 heavy (non-hydrogen) atoms. The van der Waals surface area contributed by atoms with Crippen LogP contribution in [0.5, 0.6) is 0 Å². The second-order valence-electron chi connectivity index (χ2n) is 5.11. The standard InChI is InChI=1S/C12H21NO4/c1-9(8-14)13-10(15)6-12(7-11(16)17)4-2-3-5-12/h9,14H,2-8H2,1H3,(H,13,15)(H,16,17)/t9-/m1/s1. The highest BCUT2D eigenvalue weighted by Gasteiger charge is 2.38. The third-order valence-corrected chi connectivity index (χ3v) is 3.41. The number of amides is 1. The number of aliphatic hydroxyl groups is 1. The molecule has 0 aromatic heterocycles. The minimum absolute atomic E-state index is 0.0634. The Balaban J connectivity index is 2.54. The van der Waals surface area contributed by atoms with Gasteiger partial charge < -0.3 is 15.5 Å². The van der Waals surface area contributed by atoms with Crippen molar-refractivity contribution in [3.63, 3.8) is 0 Å². The van der Waals surface area contributed by atoms with Crippen molar-refractivity contribution in [3.8, 4) is 0 Å². The van der Waals surface area contributed by atoms with Gasteiger partial charge in [-0.3, -0.25) is 9.59 Å². The number of nitrogens with one attached hydrogen (secondary N) is 1. The minimum Gasteiger partial charge on any atom is -0.481 e. The number of aliphatic hydroxyl groups excluding tert-OH is 1. The lowest BCUT2D eigenvalue weighted by Crippen LogP contribution is -2.38. The molecule has 0 spiro atoms. The fourth-order valence-corrected chi connectivity index (χ4v) is 2.57. The highest BCUT2D eigenvalue weighted by Crippen LogP contribution is 2.43. The zero-order valence-electron chi connectivity index (χ0n) is 10.2. The normalized spacial score (nSPS) is 19.9. The van der Waals surface area contributed by atoms with Gasteiger partial charge in [0.1, 0.15) is 0 Å². The number of hydrogen-bond acceptors (Lipinski definition) is 3. The van der Waals surface area contributed by atoms with E-state index >= 15 is 0 Å².